The molecule has 1 saturated heterocycles. The number of likely N-dealkylation sites (N-methyl/N-ethyl adjacent to an activating group) is 1. The van der Waals surface area contributed by atoms with Crippen LogP contribution in [0.15, 0.2) is 15.9 Å². The van der Waals surface area contributed by atoms with E-state index < -0.39 is 0 Å². The van der Waals surface area contributed by atoms with Crippen molar-refractivity contribution in [1.82, 2.24) is 15.1 Å². The van der Waals surface area contributed by atoms with Crippen LogP contribution in [-0.4, -0.2) is 56.1 Å². The summed E-state index contributed by atoms with van der Waals surface area (Å²) in [6, 6.07) is 2.57. The highest BCUT2D eigenvalue weighted by Crippen LogP contribution is 2.28. The molecule has 1 fully saturated rings. The molecule has 1 aromatic heterocycles. The molecule has 1 unspecified atom stereocenters. The van der Waals surface area contributed by atoms with Crippen molar-refractivity contribution in [2.75, 3.05) is 46.3 Å². The van der Waals surface area contributed by atoms with Crippen LogP contribution < -0.4 is 5.32 Å². The van der Waals surface area contributed by atoms with Gasteiger partial charge in [-0.3, -0.25) is 0 Å². The molecule has 1 aliphatic heterocycles. The molecule has 108 valence electrons. The van der Waals surface area contributed by atoms with Crippen LogP contribution in [0, 0.1) is 0 Å². The Bertz CT molecular complexity index is 375. The Morgan fingerprint density at radius 3 is 2.74 bits per heavy atom. The zero-order valence-electron chi connectivity index (χ0n) is 11.9. The van der Waals surface area contributed by atoms with E-state index in [0.29, 0.717) is 6.04 Å². The Balaban J connectivity index is 1.60. The van der Waals surface area contributed by atoms with Crippen molar-refractivity contribution in [3.63, 3.8) is 0 Å². The summed E-state index contributed by atoms with van der Waals surface area (Å²) in [6.07, 6.45) is 1.23. The summed E-state index contributed by atoms with van der Waals surface area (Å²) in [5, 5.41) is 5.76. The van der Waals surface area contributed by atoms with E-state index in [-0.39, 0.29) is 0 Å². The third-order valence-electron chi connectivity index (χ3n) is 3.74. The summed E-state index contributed by atoms with van der Waals surface area (Å²) in [5.74, 6) is 0. The average Bonchev–Trinajstić information content (AvgIpc) is 2.83. The molecule has 0 aliphatic carbocycles. The van der Waals surface area contributed by atoms with Gasteiger partial charge in [0.15, 0.2) is 0 Å². The van der Waals surface area contributed by atoms with Crippen LogP contribution in [0.5, 0.6) is 0 Å². The number of nitrogens with one attached hydrogen (secondary N) is 1. The fourth-order valence-electron chi connectivity index (χ4n) is 2.40. The predicted octanol–water partition coefficient (Wildman–Crippen LogP) is 2.80. The molecule has 1 aromatic rings. The van der Waals surface area contributed by atoms with Crippen molar-refractivity contribution in [2.45, 2.75) is 19.4 Å². The summed E-state index contributed by atoms with van der Waals surface area (Å²) in [7, 11) is 2.21. The Morgan fingerprint density at radius 1 is 1.37 bits per heavy atom. The molecule has 5 heteroatoms. The Hall–Kier alpha value is 0.0600. The minimum Gasteiger partial charge on any atom is -0.309 e. The molecular formula is C14H24BrN3S. The van der Waals surface area contributed by atoms with Crippen molar-refractivity contribution in [1.29, 1.82) is 0 Å². The highest BCUT2D eigenvalue weighted by molar-refractivity contribution is 9.10. The van der Waals surface area contributed by atoms with E-state index in [4.69, 9.17) is 0 Å². The van der Waals surface area contributed by atoms with Gasteiger partial charge in [-0.05, 0) is 60.9 Å². The number of thiophene rings is 1. The second-order valence-corrected chi connectivity index (χ2v) is 7.11. The van der Waals surface area contributed by atoms with Gasteiger partial charge in [-0.1, -0.05) is 0 Å². The lowest BCUT2D eigenvalue weighted by Crippen LogP contribution is -2.45. The summed E-state index contributed by atoms with van der Waals surface area (Å²) in [4.78, 5) is 6.39. The monoisotopic (exact) mass is 345 g/mol. The van der Waals surface area contributed by atoms with Crippen molar-refractivity contribution < 1.29 is 0 Å². The molecule has 0 saturated carbocycles. The first-order valence-electron chi connectivity index (χ1n) is 7.04. The second kappa shape index (κ2) is 7.74. The number of nitrogens with zero attached hydrogens (tertiary/aromatic N) is 2. The molecule has 2 rings (SSSR count). The van der Waals surface area contributed by atoms with Gasteiger partial charge in [0.1, 0.15) is 0 Å². The zero-order chi connectivity index (χ0) is 13.7. The number of halogens is 1. The largest absolute Gasteiger partial charge is 0.309 e. The van der Waals surface area contributed by atoms with Gasteiger partial charge >= 0.3 is 0 Å². The normalized spacial score (nSPS) is 19.7. The molecule has 0 bridgehead atoms. The van der Waals surface area contributed by atoms with Crippen LogP contribution >= 0.6 is 27.3 Å². The molecule has 2 heterocycles. The van der Waals surface area contributed by atoms with Crippen molar-refractivity contribution >= 4 is 27.3 Å². The Labute approximate surface area is 129 Å². The average molecular weight is 346 g/mol. The number of hydrogen-bond donors (Lipinski definition) is 1. The van der Waals surface area contributed by atoms with Gasteiger partial charge in [0.05, 0.1) is 0 Å². The minimum absolute atomic E-state index is 0.446. The molecule has 1 N–H and O–H groups in total. The first-order valence-corrected chi connectivity index (χ1v) is 8.71. The first-order chi connectivity index (χ1) is 9.16. The summed E-state index contributed by atoms with van der Waals surface area (Å²) in [6.45, 7) is 9.44. The van der Waals surface area contributed by atoms with Crippen LogP contribution in [0.3, 0.4) is 0 Å². The molecule has 0 aromatic carbocycles. The van der Waals surface area contributed by atoms with Crippen LogP contribution in [0.1, 0.15) is 24.3 Å². The molecule has 19 heavy (non-hydrogen) atoms. The number of piperazine rings is 1. The Kier molecular flexibility index (Phi) is 6.29. The topological polar surface area (TPSA) is 18.5 Å². The molecule has 3 nitrogen and oxygen atoms in total. The van der Waals surface area contributed by atoms with Gasteiger partial charge in [0.25, 0.3) is 0 Å². The fourth-order valence-corrected chi connectivity index (χ4v) is 4.15. The maximum atomic E-state index is 3.62. The molecule has 0 amide bonds. The highest BCUT2D eigenvalue weighted by atomic mass is 79.9. The van der Waals surface area contributed by atoms with E-state index in [2.05, 4.69) is 56.5 Å². The summed E-state index contributed by atoms with van der Waals surface area (Å²) in [5.41, 5.74) is 0. The van der Waals surface area contributed by atoms with E-state index in [9.17, 15) is 0 Å². The molecule has 0 radical (unpaired) electrons. The molecular weight excluding hydrogens is 322 g/mol. The SMILES string of the molecule is CC(NCCCN1CCN(C)CC1)c1sccc1Br. The molecule has 0 spiro atoms. The van der Waals surface area contributed by atoms with Crippen LogP contribution in [0.25, 0.3) is 0 Å². The van der Waals surface area contributed by atoms with Gasteiger partial charge in [0, 0.05) is 41.6 Å². The van der Waals surface area contributed by atoms with Gasteiger partial charge < -0.3 is 15.1 Å². The van der Waals surface area contributed by atoms with Crippen LogP contribution in [0.2, 0.25) is 0 Å². The lowest BCUT2D eigenvalue weighted by atomic mass is 10.2. The van der Waals surface area contributed by atoms with Gasteiger partial charge in [-0.15, -0.1) is 11.3 Å². The maximum absolute atomic E-state index is 3.62. The third kappa shape index (κ3) is 4.83. The van der Waals surface area contributed by atoms with Crippen LogP contribution in [-0.2, 0) is 0 Å². The first kappa shape index (κ1) is 15.4. The summed E-state index contributed by atoms with van der Waals surface area (Å²) >= 11 is 5.42. The van der Waals surface area contributed by atoms with Gasteiger partial charge in [0.2, 0.25) is 0 Å². The van der Waals surface area contributed by atoms with E-state index >= 15 is 0 Å². The van der Waals surface area contributed by atoms with E-state index in [0.717, 1.165) is 6.54 Å². The summed E-state index contributed by atoms with van der Waals surface area (Å²) < 4.78 is 1.23. The number of rotatable bonds is 6. The zero-order valence-corrected chi connectivity index (χ0v) is 14.3. The quantitative estimate of drug-likeness (QED) is 0.799. The van der Waals surface area contributed by atoms with Crippen LogP contribution in [0.4, 0.5) is 0 Å². The fraction of sp³-hybridized carbons (Fsp3) is 0.714. The number of hydrogen-bond acceptors (Lipinski definition) is 4. The predicted molar refractivity (Wildman–Crippen MR) is 87.0 cm³/mol. The smallest absolute Gasteiger partial charge is 0.0397 e. The highest BCUT2D eigenvalue weighted by Gasteiger charge is 2.13. The minimum atomic E-state index is 0.446. The maximum Gasteiger partial charge on any atom is 0.0397 e. The van der Waals surface area contributed by atoms with Crippen molar-refractivity contribution in [3.8, 4) is 0 Å². The molecule has 1 aliphatic rings. The van der Waals surface area contributed by atoms with Gasteiger partial charge in [-0.2, -0.15) is 0 Å². The standard InChI is InChI=1S/C14H24BrN3S/c1-12(14-13(15)4-11-19-14)16-5-3-6-18-9-7-17(2)8-10-18/h4,11-12,16H,3,5-10H2,1-2H3. The van der Waals surface area contributed by atoms with E-state index in [1.54, 1.807) is 0 Å². The van der Waals surface area contributed by atoms with Crippen molar-refractivity contribution in [3.05, 3.63) is 20.8 Å². The van der Waals surface area contributed by atoms with E-state index in [1.165, 1.54) is 48.5 Å². The van der Waals surface area contributed by atoms with Gasteiger partial charge in [-0.25, -0.2) is 0 Å². The third-order valence-corrected chi connectivity index (χ3v) is 5.79. The lowest BCUT2D eigenvalue weighted by Gasteiger charge is -2.32. The van der Waals surface area contributed by atoms with Crippen molar-refractivity contribution in [2.24, 2.45) is 0 Å². The Morgan fingerprint density at radius 2 is 2.11 bits per heavy atom. The second-order valence-electron chi connectivity index (χ2n) is 5.31. The van der Waals surface area contributed by atoms with E-state index in [1.807, 2.05) is 11.3 Å². The lowest BCUT2D eigenvalue weighted by molar-refractivity contribution is 0.152. The molecule has 1 atom stereocenters.